The zero-order valence-electron chi connectivity index (χ0n) is 19.2. The van der Waals surface area contributed by atoms with Crippen LogP contribution in [-0.2, 0) is 25.2 Å². The molecule has 2 fully saturated rings. The molecule has 1 saturated heterocycles. The highest BCUT2D eigenvalue weighted by atomic mass is 127. The number of ether oxygens (including phenoxy) is 2. The number of carbonyl (C=O) groups is 2. The lowest BCUT2D eigenvalue weighted by Crippen LogP contribution is -3.00. The molecule has 6 unspecified atom stereocenters. The maximum atomic E-state index is 12.2. The van der Waals surface area contributed by atoms with Gasteiger partial charge < -0.3 is 43.9 Å². The number of nitrogens with one attached hydrogen (secondary N) is 2. The molecule has 180 valence electrons. The number of urea groups is 1. The van der Waals surface area contributed by atoms with Crippen LogP contribution >= 0.6 is 11.6 Å². The van der Waals surface area contributed by atoms with Gasteiger partial charge in [0.1, 0.15) is 22.8 Å². The number of alkyl halides is 1. The van der Waals surface area contributed by atoms with Crippen molar-refractivity contribution in [1.29, 1.82) is 0 Å². The molecule has 6 atom stereocenters. The number of carbonyl (C=O) groups excluding carboxylic acids is 2. The summed E-state index contributed by atoms with van der Waals surface area (Å²) < 4.78 is 12.0. The van der Waals surface area contributed by atoms with Crippen molar-refractivity contribution >= 4 is 34.4 Å². The summed E-state index contributed by atoms with van der Waals surface area (Å²) in [7, 11) is 1.61. The van der Waals surface area contributed by atoms with E-state index in [2.05, 4.69) is 43.1 Å². The Hall–Kier alpha value is -0.0700. The van der Waals surface area contributed by atoms with Gasteiger partial charge in [-0.05, 0) is 50.9 Å². The zero-order valence-corrected chi connectivity index (χ0v) is 22.9. The van der Waals surface area contributed by atoms with Crippen molar-refractivity contribution in [2.75, 3.05) is 31.3 Å². The summed E-state index contributed by atoms with van der Waals surface area (Å²) >= 11 is 5.47. The summed E-state index contributed by atoms with van der Waals surface area (Å²) in [4.78, 5) is 23.7. The predicted octanol–water partition coefficient (Wildman–Crippen LogP) is -1.03. The first-order valence-corrected chi connectivity index (χ1v) is 13.0. The topological polar surface area (TPSA) is 100 Å². The van der Waals surface area contributed by atoms with E-state index >= 15 is 0 Å². The third-order valence-electron chi connectivity index (χ3n) is 6.03. The maximum Gasteiger partial charge on any atom is 0.321 e. The number of imide groups is 1. The van der Waals surface area contributed by atoms with Crippen LogP contribution in [0.1, 0.15) is 40.0 Å². The Balaban J connectivity index is 0.00000480. The predicted molar refractivity (Wildman–Crippen MR) is 121 cm³/mol. The van der Waals surface area contributed by atoms with Crippen LogP contribution < -0.4 is 34.6 Å². The highest BCUT2D eigenvalue weighted by molar-refractivity contribution is 7.95. The van der Waals surface area contributed by atoms with Crippen LogP contribution in [0.4, 0.5) is 4.79 Å². The van der Waals surface area contributed by atoms with Crippen molar-refractivity contribution in [3.05, 3.63) is 11.6 Å². The van der Waals surface area contributed by atoms with Gasteiger partial charge in [0, 0.05) is 7.11 Å². The molecule has 1 aliphatic carbocycles. The molecule has 3 amide bonds. The lowest BCUT2D eigenvalue weighted by molar-refractivity contribution is -0.137. The van der Waals surface area contributed by atoms with E-state index in [1.807, 2.05) is 6.92 Å². The van der Waals surface area contributed by atoms with Crippen LogP contribution in [0.25, 0.3) is 0 Å². The number of hydrogen-bond acceptors (Lipinski definition) is 5. The molecule has 1 saturated carbocycles. The zero-order chi connectivity index (χ0) is 22.7. The molecule has 7 nitrogen and oxygen atoms in total. The standard InChI is InChI=1S/C21H35ClN2O5S.HI/c1-13(2)7-8-15-20(3,29-15)18-17(28-4)14(23-19(26)24-16(25)11-22)9-10-21(18,27)12-30(5)6;/h7,14-15,17-18,27H,8-12H2,1-6H3,(H-,23,24,25,26);1H. The van der Waals surface area contributed by atoms with E-state index in [4.69, 9.17) is 21.1 Å². The molecule has 3 N–H and O–H groups in total. The van der Waals surface area contributed by atoms with Gasteiger partial charge in [0.15, 0.2) is 0 Å². The van der Waals surface area contributed by atoms with Gasteiger partial charge in [-0.25, -0.2) is 4.79 Å². The van der Waals surface area contributed by atoms with Gasteiger partial charge in [-0.2, -0.15) is 0 Å². The van der Waals surface area contributed by atoms with Gasteiger partial charge in [-0.1, -0.05) is 11.6 Å². The fraction of sp³-hybridized carbons (Fsp3) is 0.810. The van der Waals surface area contributed by atoms with E-state index < -0.39 is 29.2 Å². The van der Waals surface area contributed by atoms with Gasteiger partial charge >= 0.3 is 6.03 Å². The smallest absolute Gasteiger partial charge is 0.321 e. The number of halogens is 2. The molecule has 0 aromatic heterocycles. The van der Waals surface area contributed by atoms with Crippen LogP contribution in [0.5, 0.6) is 0 Å². The summed E-state index contributed by atoms with van der Waals surface area (Å²) in [5.41, 5.74) is -0.287. The molecule has 0 bridgehead atoms. The second-order valence-electron chi connectivity index (χ2n) is 9.02. The molecule has 0 radical (unpaired) electrons. The lowest BCUT2D eigenvalue weighted by Gasteiger charge is -2.48. The van der Waals surface area contributed by atoms with Crippen LogP contribution in [0.15, 0.2) is 11.6 Å². The monoisotopic (exact) mass is 590 g/mol. The van der Waals surface area contributed by atoms with E-state index in [1.165, 1.54) is 5.57 Å². The molecular weight excluding hydrogens is 555 g/mol. The summed E-state index contributed by atoms with van der Waals surface area (Å²) in [6.45, 7) is 6.13. The van der Waals surface area contributed by atoms with Gasteiger partial charge in [0.05, 0.1) is 36.7 Å². The van der Waals surface area contributed by atoms with E-state index in [-0.39, 0.29) is 58.8 Å². The lowest BCUT2D eigenvalue weighted by atomic mass is 9.65. The number of amides is 3. The van der Waals surface area contributed by atoms with Crippen LogP contribution in [0, 0.1) is 5.92 Å². The number of allylic oxidation sites excluding steroid dienone is 1. The quantitative estimate of drug-likeness (QED) is 0.110. The molecule has 2 aliphatic rings. The van der Waals surface area contributed by atoms with Crippen LogP contribution in [-0.4, -0.2) is 77.8 Å². The molecule has 10 heteroatoms. The van der Waals surface area contributed by atoms with E-state index in [0.29, 0.717) is 18.6 Å². The van der Waals surface area contributed by atoms with E-state index in [1.54, 1.807) is 7.11 Å². The molecule has 31 heavy (non-hydrogen) atoms. The van der Waals surface area contributed by atoms with E-state index in [9.17, 15) is 14.7 Å². The Labute approximate surface area is 210 Å². The van der Waals surface area contributed by atoms with Crippen molar-refractivity contribution in [1.82, 2.24) is 10.6 Å². The Morgan fingerprint density at radius 1 is 1.35 bits per heavy atom. The maximum absolute atomic E-state index is 12.2. The first-order valence-electron chi connectivity index (χ1n) is 10.2. The first kappa shape index (κ1) is 29.0. The number of hydrogen-bond donors (Lipinski definition) is 3. The minimum atomic E-state index is -0.956. The van der Waals surface area contributed by atoms with Crippen molar-refractivity contribution < 1.29 is 48.1 Å². The number of rotatable bonds is 8. The van der Waals surface area contributed by atoms with Gasteiger partial charge in [0.2, 0.25) is 5.91 Å². The third-order valence-corrected chi connectivity index (χ3v) is 7.35. The number of aliphatic hydroxyl groups is 1. The molecule has 0 aromatic carbocycles. The van der Waals surface area contributed by atoms with Crippen LogP contribution in [0.3, 0.4) is 0 Å². The van der Waals surface area contributed by atoms with Crippen molar-refractivity contribution in [2.24, 2.45) is 5.92 Å². The number of methoxy groups -OCH3 is 1. The summed E-state index contributed by atoms with van der Waals surface area (Å²) in [5, 5.41) is 16.8. The molecule has 2 rings (SSSR count). The minimum Gasteiger partial charge on any atom is -1.00 e. The second-order valence-corrected chi connectivity index (χ2v) is 11.5. The summed E-state index contributed by atoms with van der Waals surface area (Å²) in [6, 6.07) is -0.963. The van der Waals surface area contributed by atoms with Gasteiger partial charge in [0.25, 0.3) is 0 Å². The molecule has 1 heterocycles. The average Bonchev–Trinajstić information content (AvgIpc) is 3.30. The van der Waals surface area contributed by atoms with Gasteiger partial charge in [-0.3, -0.25) is 10.1 Å². The van der Waals surface area contributed by atoms with E-state index in [0.717, 1.165) is 6.42 Å². The Morgan fingerprint density at radius 3 is 2.52 bits per heavy atom. The highest BCUT2D eigenvalue weighted by Gasteiger charge is 2.68. The largest absolute Gasteiger partial charge is 1.00 e. The second kappa shape index (κ2) is 11.9. The molecule has 0 spiro atoms. The summed E-state index contributed by atoms with van der Waals surface area (Å²) in [6.07, 6.45) is 7.74. The SMILES string of the molecule is COC1C(NC(=O)NC(=O)CCl)CCC(O)(C[S+](C)C)C1C1(C)OC1CC=C(C)C.[I-]. The van der Waals surface area contributed by atoms with Crippen LogP contribution in [0.2, 0.25) is 0 Å². The molecule has 1 aliphatic heterocycles. The van der Waals surface area contributed by atoms with Crippen molar-refractivity contribution in [3.63, 3.8) is 0 Å². The normalized spacial score (nSPS) is 34.5. The summed E-state index contributed by atoms with van der Waals surface area (Å²) in [5.74, 6) is -0.521. The fourth-order valence-electron chi connectivity index (χ4n) is 4.77. The third kappa shape index (κ3) is 7.20. The fourth-order valence-corrected chi connectivity index (χ4v) is 6.17. The molecular formula is C21H36ClIN2O5S. The Bertz CT molecular complexity index is 678. The number of epoxide rings is 1. The average molecular weight is 591 g/mol. The Kier molecular flexibility index (Phi) is 11.1. The van der Waals surface area contributed by atoms with Crippen molar-refractivity contribution in [3.8, 4) is 0 Å². The molecule has 0 aromatic rings. The van der Waals surface area contributed by atoms with Gasteiger partial charge in [-0.15, -0.1) is 11.6 Å². The minimum absolute atomic E-state index is 0. The first-order chi connectivity index (χ1) is 14.0. The van der Waals surface area contributed by atoms with Crippen molar-refractivity contribution in [2.45, 2.75) is 69.5 Å². The highest BCUT2D eigenvalue weighted by Crippen LogP contribution is 2.54. The Morgan fingerprint density at radius 2 is 2.00 bits per heavy atom.